The maximum atomic E-state index is 2.23. The first-order chi connectivity index (χ1) is 3.93. The molecule has 1 aromatic carbocycles. The van der Waals surface area contributed by atoms with E-state index >= 15 is 0 Å². The van der Waals surface area contributed by atoms with Gasteiger partial charge in [-0.2, -0.15) is 0 Å². The van der Waals surface area contributed by atoms with Crippen molar-refractivity contribution in [2.24, 2.45) is 0 Å². The van der Waals surface area contributed by atoms with Crippen molar-refractivity contribution >= 4 is 39.1 Å². The van der Waals surface area contributed by atoms with Crippen LogP contribution < -0.4 is 3.61 Å². The van der Waals surface area contributed by atoms with Crippen LogP contribution in [-0.4, -0.2) is 35.5 Å². The molecule has 0 amide bonds. The van der Waals surface area contributed by atoms with E-state index in [1.807, 2.05) is 0 Å². The van der Waals surface area contributed by atoms with Gasteiger partial charge in [-0.25, -0.2) is 0 Å². The fraction of sp³-hybridized carbons (Fsp3) is 0. The second-order valence-corrected chi connectivity index (χ2v) is 6.41. The molecule has 1 rings (SSSR count). The molecule has 0 aliphatic rings. The Bertz CT molecular complexity index is 148. The van der Waals surface area contributed by atoms with E-state index in [1.165, 1.54) is 0 Å². The monoisotopic (exact) mass is 337 g/mol. The Morgan fingerprint density at radius 3 is 2.12 bits per heavy atom. The van der Waals surface area contributed by atoms with Crippen molar-refractivity contribution in [1.82, 2.24) is 0 Å². The summed E-state index contributed by atoms with van der Waals surface area (Å²) in [7, 11) is 0. The molecule has 0 spiro atoms. The summed E-state index contributed by atoms with van der Waals surface area (Å²) in [6.07, 6.45) is 0. The van der Waals surface area contributed by atoms with Crippen LogP contribution >= 0.6 is 0 Å². The normalized spacial score (nSPS) is 9.12. The van der Waals surface area contributed by atoms with Crippen molar-refractivity contribution in [1.29, 1.82) is 0 Å². The Balaban J connectivity index is 2.83. The zero-order chi connectivity index (χ0) is 5.82. The summed E-state index contributed by atoms with van der Waals surface area (Å²) < 4.78 is 1.54. The summed E-state index contributed by atoms with van der Waals surface area (Å²) in [6.45, 7) is 0. The molecule has 41 valence electrons. The summed E-state index contributed by atoms with van der Waals surface area (Å²) in [6, 6.07) is 10.7. The maximum absolute atomic E-state index is 2.23. The van der Waals surface area contributed by atoms with Crippen LogP contribution in [0.25, 0.3) is 0 Å². The molecule has 0 aliphatic heterocycles. The number of hydrogen-bond acceptors (Lipinski definition) is 0. The van der Waals surface area contributed by atoms with Gasteiger partial charge in [-0.05, 0) is 0 Å². The van der Waals surface area contributed by atoms with Gasteiger partial charge in [0, 0.05) is 0 Å². The second-order valence-electron chi connectivity index (χ2n) is 1.40. The van der Waals surface area contributed by atoms with Gasteiger partial charge in [0.2, 0.25) is 0 Å². The Labute approximate surface area is 68.8 Å². The Morgan fingerprint density at radius 2 is 1.75 bits per heavy atom. The van der Waals surface area contributed by atoms with Crippen molar-refractivity contribution in [2.45, 2.75) is 0 Å². The predicted octanol–water partition coefficient (Wildman–Crippen LogP) is 0.0996. The molecule has 0 aromatic heterocycles. The first kappa shape index (κ1) is 6.91. The van der Waals surface area contributed by atoms with E-state index in [2.05, 4.69) is 48.8 Å². The zero-order valence-corrected chi connectivity index (χ0v) is 8.86. The molecule has 1 aromatic rings. The molecule has 8 heavy (non-hydrogen) atoms. The summed E-state index contributed by atoms with van der Waals surface area (Å²) in [5.41, 5.74) is 0. The molecule has 0 heterocycles. The number of hydrogen-bond donors (Lipinski definition) is 0. The molecule has 0 saturated carbocycles. The summed E-state index contributed by atoms with van der Waals surface area (Å²) in [5.74, 6) is 0. The van der Waals surface area contributed by atoms with Crippen molar-refractivity contribution in [3.05, 3.63) is 30.3 Å². The first-order valence-corrected chi connectivity index (χ1v) is 10.8. The van der Waals surface area contributed by atoms with Gasteiger partial charge in [0.25, 0.3) is 0 Å². The Hall–Kier alpha value is 0.799. The van der Waals surface area contributed by atoms with Crippen LogP contribution in [0.3, 0.4) is 0 Å². The second kappa shape index (κ2) is 3.75. The van der Waals surface area contributed by atoms with E-state index in [0.29, 0.717) is 0 Å². The van der Waals surface area contributed by atoms with Crippen molar-refractivity contribution in [3.63, 3.8) is 0 Å². The van der Waals surface area contributed by atoms with Gasteiger partial charge in [0.15, 0.2) is 0 Å². The topological polar surface area (TPSA) is 0 Å². The number of rotatable bonds is 1. The third-order valence-corrected chi connectivity index (χ3v) is 5.85. The van der Waals surface area contributed by atoms with Crippen LogP contribution in [0.4, 0.5) is 0 Å². The Morgan fingerprint density at radius 1 is 1.12 bits per heavy atom. The minimum absolute atomic E-state index is 0.168. The van der Waals surface area contributed by atoms with Gasteiger partial charge >= 0.3 is 69.4 Å². The minimum atomic E-state index is 0.168. The average molecular weight is 332 g/mol. The van der Waals surface area contributed by atoms with Crippen LogP contribution in [0.1, 0.15) is 0 Å². The van der Waals surface area contributed by atoms with Crippen LogP contribution in [-0.2, 0) is 0 Å². The SMILES string of the molecule is [Te][Te]c1ccccc1. The molecule has 0 fully saturated rings. The van der Waals surface area contributed by atoms with Crippen LogP contribution in [0.15, 0.2) is 30.3 Å². The first-order valence-electron chi connectivity index (χ1n) is 2.28. The molecule has 1 radical (unpaired) electrons. The quantitative estimate of drug-likeness (QED) is 0.640. The molecule has 0 unspecified atom stereocenters. The molecule has 0 N–H and O–H groups in total. The molecular weight excluding hydrogens is 327 g/mol. The Kier molecular flexibility index (Phi) is 3.24. The van der Waals surface area contributed by atoms with E-state index in [0.717, 1.165) is 0 Å². The van der Waals surface area contributed by atoms with Crippen molar-refractivity contribution in [3.8, 4) is 0 Å². The molecule has 0 saturated heterocycles. The van der Waals surface area contributed by atoms with Gasteiger partial charge < -0.3 is 0 Å². The molecule has 0 atom stereocenters. The van der Waals surface area contributed by atoms with Crippen LogP contribution in [0, 0.1) is 0 Å². The molecular formula is C6H5Te2. The van der Waals surface area contributed by atoms with E-state index in [9.17, 15) is 0 Å². The van der Waals surface area contributed by atoms with Gasteiger partial charge in [-0.15, -0.1) is 0 Å². The van der Waals surface area contributed by atoms with E-state index in [1.54, 1.807) is 3.61 Å². The van der Waals surface area contributed by atoms with Gasteiger partial charge in [0.05, 0.1) is 0 Å². The molecule has 2 heteroatoms. The third-order valence-electron chi connectivity index (χ3n) is 0.839. The summed E-state index contributed by atoms with van der Waals surface area (Å²) in [5, 5.41) is 0. The van der Waals surface area contributed by atoms with Gasteiger partial charge in [-0.1, -0.05) is 0 Å². The fourth-order valence-electron chi connectivity index (χ4n) is 0.476. The van der Waals surface area contributed by atoms with E-state index < -0.39 is 0 Å². The zero-order valence-electron chi connectivity index (χ0n) is 4.20. The summed E-state index contributed by atoms with van der Waals surface area (Å²) in [4.78, 5) is 0. The van der Waals surface area contributed by atoms with E-state index in [-0.39, 0.29) is 17.1 Å². The van der Waals surface area contributed by atoms with Gasteiger partial charge in [-0.3, -0.25) is 0 Å². The summed E-state index contributed by atoms with van der Waals surface area (Å²) >= 11 is 2.40. The molecule has 0 nitrogen and oxygen atoms in total. The van der Waals surface area contributed by atoms with Crippen molar-refractivity contribution in [2.75, 3.05) is 0 Å². The average Bonchev–Trinajstić information content (AvgIpc) is 1.90. The number of benzene rings is 1. The standard InChI is InChI=1S/C6H5Te2/c7-8-6-4-2-1-3-5-6/h1-5H. The molecule has 0 aliphatic carbocycles. The predicted molar refractivity (Wildman–Crippen MR) is 37.6 cm³/mol. The van der Waals surface area contributed by atoms with Crippen LogP contribution in [0.5, 0.6) is 0 Å². The fourth-order valence-corrected chi connectivity index (χ4v) is 3.37. The van der Waals surface area contributed by atoms with Crippen molar-refractivity contribution < 1.29 is 0 Å². The van der Waals surface area contributed by atoms with Crippen LogP contribution in [0.2, 0.25) is 0 Å². The van der Waals surface area contributed by atoms with E-state index in [4.69, 9.17) is 0 Å². The third kappa shape index (κ3) is 1.96. The van der Waals surface area contributed by atoms with Gasteiger partial charge in [0.1, 0.15) is 0 Å². The molecule has 0 bridgehead atoms.